The topological polar surface area (TPSA) is 41.9 Å². The van der Waals surface area contributed by atoms with Gasteiger partial charge in [-0.3, -0.25) is 4.68 Å². The number of nitrogens with zero attached hydrogens (tertiary/aromatic N) is 2. The molecule has 4 nitrogen and oxygen atoms in total. The van der Waals surface area contributed by atoms with Gasteiger partial charge in [0.1, 0.15) is 0 Å². The Labute approximate surface area is 141 Å². The summed E-state index contributed by atoms with van der Waals surface area (Å²) in [6.07, 6.45) is 2.77. The zero-order chi connectivity index (χ0) is 16.1. The van der Waals surface area contributed by atoms with Gasteiger partial charge < -0.3 is 10.6 Å². The minimum atomic E-state index is 0.642. The molecule has 0 saturated heterocycles. The van der Waals surface area contributed by atoms with Crippen molar-refractivity contribution in [1.82, 2.24) is 15.1 Å². The predicted molar refractivity (Wildman–Crippen MR) is 96.7 cm³/mol. The minimum absolute atomic E-state index is 0.642. The number of anilines is 1. The number of aryl methyl sites for hydroxylation is 3. The van der Waals surface area contributed by atoms with Gasteiger partial charge in [0.25, 0.3) is 0 Å². The summed E-state index contributed by atoms with van der Waals surface area (Å²) in [4.78, 5) is 0. The van der Waals surface area contributed by atoms with Crippen LogP contribution in [0, 0.1) is 20.8 Å². The molecule has 0 unspecified atom stereocenters. The lowest BCUT2D eigenvalue weighted by molar-refractivity contribution is 0.570. The molecule has 0 aliphatic heterocycles. The van der Waals surface area contributed by atoms with Crippen molar-refractivity contribution in [2.75, 3.05) is 11.9 Å². The third kappa shape index (κ3) is 4.45. The first-order valence-corrected chi connectivity index (χ1v) is 8.06. The Hall–Kier alpha value is -1.59. The highest BCUT2D eigenvalue weighted by Gasteiger charge is 2.04. The monoisotopic (exact) mass is 336 g/mol. The third-order valence-electron chi connectivity index (χ3n) is 3.59. The van der Waals surface area contributed by atoms with E-state index >= 15 is 0 Å². The fourth-order valence-corrected chi connectivity index (χ4v) is 2.47. The number of halogens is 1. The Morgan fingerprint density at radius 2 is 2.09 bits per heavy atom. The van der Waals surface area contributed by atoms with Gasteiger partial charge in [0.15, 0.2) is 5.11 Å². The summed E-state index contributed by atoms with van der Waals surface area (Å²) in [6.45, 7) is 7.68. The quantitative estimate of drug-likeness (QED) is 0.643. The van der Waals surface area contributed by atoms with Gasteiger partial charge in [-0.15, -0.1) is 0 Å². The van der Waals surface area contributed by atoms with E-state index in [4.69, 9.17) is 23.8 Å². The van der Waals surface area contributed by atoms with Crippen molar-refractivity contribution in [1.29, 1.82) is 0 Å². The molecule has 0 amide bonds. The number of nitrogens with one attached hydrogen (secondary N) is 2. The highest BCUT2D eigenvalue weighted by Crippen LogP contribution is 2.17. The molecule has 2 rings (SSSR count). The van der Waals surface area contributed by atoms with Crippen LogP contribution < -0.4 is 10.6 Å². The SMILES string of the molecule is Cc1cccc(NC(=S)NCCCn2cc(Cl)c(C)n2)c1C. The molecule has 0 atom stereocenters. The largest absolute Gasteiger partial charge is 0.362 e. The van der Waals surface area contributed by atoms with Crippen LogP contribution in [0.1, 0.15) is 23.2 Å². The van der Waals surface area contributed by atoms with Gasteiger partial charge in [-0.05, 0) is 56.6 Å². The fourth-order valence-electron chi connectivity index (χ4n) is 2.10. The molecule has 1 aromatic carbocycles. The minimum Gasteiger partial charge on any atom is -0.362 e. The lowest BCUT2D eigenvalue weighted by Gasteiger charge is -2.13. The molecule has 2 N–H and O–H groups in total. The molecule has 1 aromatic heterocycles. The molecule has 118 valence electrons. The van der Waals surface area contributed by atoms with Crippen molar-refractivity contribution in [3.63, 3.8) is 0 Å². The standard InChI is InChI=1S/C16H21ClN4S/c1-11-6-4-7-15(12(11)2)19-16(22)18-8-5-9-21-10-14(17)13(3)20-21/h4,6-7,10H,5,8-9H2,1-3H3,(H2,18,19,22). The molecule has 0 bridgehead atoms. The van der Waals surface area contributed by atoms with E-state index in [1.165, 1.54) is 11.1 Å². The maximum atomic E-state index is 5.98. The molecule has 0 aliphatic rings. The Morgan fingerprint density at radius 1 is 1.32 bits per heavy atom. The van der Waals surface area contributed by atoms with Crippen molar-refractivity contribution in [3.8, 4) is 0 Å². The van der Waals surface area contributed by atoms with Crippen LogP contribution in [-0.2, 0) is 6.54 Å². The molecule has 0 aliphatic carbocycles. The van der Waals surface area contributed by atoms with Gasteiger partial charge >= 0.3 is 0 Å². The Balaban J connectivity index is 1.75. The first kappa shape index (κ1) is 16.8. The second kappa shape index (κ2) is 7.61. The summed E-state index contributed by atoms with van der Waals surface area (Å²) in [5, 5.41) is 12.1. The van der Waals surface area contributed by atoms with Crippen LogP contribution in [-0.4, -0.2) is 21.4 Å². The highest BCUT2D eigenvalue weighted by molar-refractivity contribution is 7.80. The summed E-state index contributed by atoms with van der Waals surface area (Å²) in [7, 11) is 0. The van der Waals surface area contributed by atoms with Crippen molar-refractivity contribution in [3.05, 3.63) is 46.2 Å². The zero-order valence-corrected chi connectivity index (χ0v) is 14.7. The highest BCUT2D eigenvalue weighted by atomic mass is 35.5. The Kier molecular flexibility index (Phi) is 5.80. The second-order valence-corrected chi connectivity index (χ2v) is 6.12. The molecule has 22 heavy (non-hydrogen) atoms. The Morgan fingerprint density at radius 3 is 2.77 bits per heavy atom. The number of hydrogen-bond donors (Lipinski definition) is 2. The molecular formula is C16H21ClN4S. The summed E-state index contributed by atoms with van der Waals surface area (Å²) in [6, 6.07) is 6.15. The maximum Gasteiger partial charge on any atom is 0.170 e. The number of benzene rings is 1. The van der Waals surface area contributed by atoms with Crippen molar-refractivity contribution in [2.45, 2.75) is 33.7 Å². The van der Waals surface area contributed by atoms with E-state index in [1.807, 2.05) is 29.9 Å². The molecule has 0 fully saturated rings. The van der Waals surface area contributed by atoms with E-state index < -0.39 is 0 Å². The third-order valence-corrected chi connectivity index (χ3v) is 4.21. The van der Waals surface area contributed by atoms with Crippen molar-refractivity contribution >= 4 is 34.6 Å². The summed E-state index contributed by atoms with van der Waals surface area (Å²) in [5.41, 5.74) is 4.38. The van der Waals surface area contributed by atoms with Crippen LogP contribution in [0.5, 0.6) is 0 Å². The zero-order valence-electron chi connectivity index (χ0n) is 13.1. The molecule has 0 saturated carbocycles. The van der Waals surface area contributed by atoms with Gasteiger partial charge in [0.05, 0.1) is 10.7 Å². The van der Waals surface area contributed by atoms with Crippen LogP contribution >= 0.6 is 23.8 Å². The fraction of sp³-hybridized carbons (Fsp3) is 0.375. The van der Waals surface area contributed by atoms with E-state index in [2.05, 4.69) is 35.6 Å². The van der Waals surface area contributed by atoms with E-state index in [0.29, 0.717) is 10.1 Å². The normalized spacial score (nSPS) is 10.5. The molecule has 0 spiro atoms. The molecule has 6 heteroatoms. The van der Waals surface area contributed by atoms with E-state index in [0.717, 1.165) is 30.9 Å². The van der Waals surface area contributed by atoms with Gasteiger partial charge in [0, 0.05) is 25.0 Å². The van der Waals surface area contributed by atoms with Crippen molar-refractivity contribution in [2.24, 2.45) is 0 Å². The number of rotatable bonds is 5. The van der Waals surface area contributed by atoms with Gasteiger partial charge in [0.2, 0.25) is 0 Å². The van der Waals surface area contributed by atoms with Crippen LogP contribution in [0.4, 0.5) is 5.69 Å². The van der Waals surface area contributed by atoms with Gasteiger partial charge in [-0.2, -0.15) is 5.10 Å². The van der Waals surface area contributed by atoms with E-state index in [9.17, 15) is 0 Å². The predicted octanol–water partition coefficient (Wildman–Crippen LogP) is 3.84. The van der Waals surface area contributed by atoms with Crippen LogP contribution in [0.15, 0.2) is 24.4 Å². The summed E-state index contributed by atoms with van der Waals surface area (Å²) in [5.74, 6) is 0. The lowest BCUT2D eigenvalue weighted by atomic mass is 10.1. The van der Waals surface area contributed by atoms with E-state index in [1.54, 1.807) is 0 Å². The second-order valence-electron chi connectivity index (χ2n) is 5.31. The number of thiocarbonyl (C=S) groups is 1. The molecule has 0 radical (unpaired) electrons. The number of hydrogen-bond acceptors (Lipinski definition) is 2. The van der Waals surface area contributed by atoms with Gasteiger partial charge in [-0.1, -0.05) is 23.7 Å². The average Bonchev–Trinajstić information content (AvgIpc) is 2.79. The Bertz CT molecular complexity index is 647. The van der Waals surface area contributed by atoms with Gasteiger partial charge in [-0.25, -0.2) is 0 Å². The smallest absolute Gasteiger partial charge is 0.170 e. The van der Waals surface area contributed by atoms with Crippen molar-refractivity contribution < 1.29 is 0 Å². The van der Waals surface area contributed by atoms with Crippen LogP contribution in [0.25, 0.3) is 0 Å². The first-order valence-electron chi connectivity index (χ1n) is 7.28. The van der Waals surface area contributed by atoms with Crippen LogP contribution in [0.2, 0.25) is 5.02 Å². The number of aromatic nitrogens is 2. The summed E-state index contributed by atoms with van der Waals surface area (Å²) >= 11 is 11.3. The lowest BCUT2D eigenvalue weighted by Crippen LogP contribution is -2.30. The first-order chi connectivity index (χ1) is 10.5. The average molecular weight is 337 g/mol. The molecular weight excluding hydrogens is 316 g/mol. The van der Waals surface area contributed by atoms with E-state index in [-0.39, 0.29) is 0 Å². The maximum absolute atomic E-state index is 5.98. The van der Waals surface area contributed by atoms with Crippen LogP contribution in [0.3, 0.4) is 0 Å². The summed E-state index contributed by atoms with van der Waals surface area (Å²) < 4.78 is 1.86. The molecule has 1 heterocycles. The molecule has 2 aromatic rings.